The summed E-state index contributed by atoms with van der Waals surface area (Å²) in [5, 5.41) is 0. The molecule has 0 N–H and O–H groups in total. The van der Waals surface area contributed by atoms with Gasteiger partial charge in [0.2, 0.25) is 0 Å². The Morgan fingerprint density at radius 3 is 2.44 bits per heavy atom. The lowest BCUT2D eigenvalue weighted by Crippen LogP contribution is -2.29. The molecule has 0 aromatic carbocycles. The number of halogens is 1. The van der Waals surface area contributed by atoms with Gasteiger partial charge in [0.05, 0.1) is 6.61 Å². The molecule has 1 heterocycles. The maximum atomic E-state index is 13.3. The largest absolute Gasteiger partial charge is 0.378 e. The molecule has 1 saturated heterocycles. The van der Waals surface area contributed by atoms with Gasteiger partial charge >= 0.3 is 0 Å². The predicted molar refractivity (Wildman–Crippen MR) is 34.1 cm³/mol. The van der Waals surface area contributed by atoms with E-state index in [9.17, 15) is 4.39 Å². The van der Waals surface area contributed by atoms with Crippen LogP contribution in [-0.4, -0.2) is 18.9 Å². The number of alkyl halides is 1. The van der Waals surface area contributed by atoms with Crippen molar-refractivity contribution in [2.45, 2.75) is 25.9 Å². The highest BCUT2D eigenvalue weighted by Gasteiger charge is 2.37. The zero-order chi connectivity index (χ0) is 6.91. The van der Waals surface area contributed by atoms with Gasteiger partial charge in [0.15, 0.2) is 0 Å². The molecule has 0 spiro atoms. The van der Waals surface area contributed by atoms with Crippen molar-refractivity contribution in [2.24, 2.45) is 5.92 Å². The average molecular weight is 132 g/mol. The van der Waals surface area contributed by atoms with E-state index >= 15 is 0 Å². The summed E-state index contributed by atoms with van der Waals surface area (Å²) in [5.41, 5.74) is -1.03. The Morgan fingerprint density at radius 1 is 1.56 bits per heavy atom. The van der Waals surface area contributed by atoms with Crippen LogP contribution in [0, 0.1) is 5.92 Å². The SMILES string of the molecule is CC(C)[C@]1(F)CCOC1. The van der Waals surface area contributed by atoms with E-state index < -0.39 is 5.67 Å². The molecular weight excluding hydrogens is 119 g/mol. The van der Waals surface area contributed by atoms with Crippen LogP contribution in [0.2, 0.25) is 0 Å². The first kappa shape index (κ1) is 7.00. The lowest BCUT2D eigenvalue weighted by atomic mass is 9.92. The van der Waals surface area contributed by atoms with Gasteiger partial charge in [0, 0.05) is 13.0 Å². The number of hydrogen-bond acceptors (Lipinski definition) is 1. The molecule has 9 heavy (non-hydrogen) atoms. The maximum Gasteiger partial charge on any atom is 0.138 e. The highest BCUT2D eigenvalue weighted by Crippen LogP contribution is 2.30. The molecule has 0 saturated carbocycles. The highest BCUT2D eigenvalue weighted by atomic mass is 19.1. The summed E-state index contributed by atoms with van der Waals surface area (Å²) in [6.07, 6.45) is 0.574. The van der Waals surface area contributed by atoms with E-state index in [1.807, 2.05) is 13.8 Å². The minimum atomic E-state index is -1.03. The highest BCUT2D eigenvalue weighted by molar-refractivity contribution is 4.85. The summed E-state index contributed by atoms with van der Waals surface area (Å²) in [4.78, 5) is 0. The molecule has 0 aliphatic carbocycles. The average Bonchev–Trinajstić information content (AvgIpc) is 2.16. The first-order chi connectivity index (χ1) is 4.15. The fourth-order valence-electron chi connectivity index (χ4n) is 1.01. The van der Waals surface area contributed by atoms with E-state index in [0.29, 0.717) is 19.6 Å². The topological polar surface area (TPSA) is 9.23 Å². The summed E-state index contributed by atoms with van der Waals surface area (Å²) in [6.45, 7) is 4.68. The number of rotatable bonds is 1. The van der Waals surface area contributed by atoms with Crippen molar-refractivity contribution in [2.75, 3.05) is 13.2 Å². The smallest absolute Gasteiger partial charge is 0.138 e. The van der Waals surface area contributed by atoms with Crippen LogP contribution in [0.4, 0.5) is 4.39 Å². The molecule has 1 aliphatic heterocycles. The first-order valence-corrected chi connectivity index (χ1v) is 3.42. The third-order valence-corrected chi connectivity index (χ3v) is 2.04. The van der Waals surface area contributed by atoms with Crippen molar-refractivity contribution in [3.63, 3.8) is 0 Å². The molecule has 1 nitrogen and oxygen atoms in total. The Kier molecular flexibility index (Phi) is 1.75. The second kappa shape index (κ2) is 2.25. The Hall–Kier alpha value is -0.110. The van der Waals surface area contributed by atoms with Crippen molar-refractivity contribution in [3.8, 4) is 0 Å². The molecule has 0 bridgehead atoms. The zero-order valence-electron chi connectivity index (χ0n) is 5.98. The summed E-state index contributed by atoms with van der Waals surface area (Å²) < 4.78 is 18.3. The maximum absolute atomic E-state index is 13.3. The van der Waals surface area contributed by atoms with Crippen LogP contribution < -0.4 is 0 Å². The Labute approximate surface area is 55.2 Å². The van der Waals surface area contributed by atoms with Crippen molar-refractivity contribution in [1.82, 2.24) is 0 Å². The van der Waals surface area contributed by atoms with Gasteiger partial charge < -0.3 is 4.74 Å². The van der Waals surface area contributed by atoms with E-state index in [1.165, 1.54) is 0 Å². The van der Waals surface area contributed by atoms with Crippen LogP contribution in [0.3, 0.4) is 0 Å². The predicted octanol–water partition coefficient (Wildman–Crippen LogP) is 1.77. The van der Waals surface area contributed by atoms with Crippen molar-refractivity contribution < 1.29 is 9.13 Å². The van der Waals surface area contributed by atoms with Gasteiger partial charge in [-0.25, -0.2) is 4.39 Å². The normalized spacial score (nSPS) is 36.0. The quantitative estimate of drug-likeness (QED) is 0.528. The molecule has 0 unspecified atom stereocenters. The van der Waals surface area contributed by atoms with Gasteiger partial charge in [0.25, 0.3) is 0 Å². The van der Waals surface area contributed by atoms with Crippen LogP contribution in [-0.2, 0) is 4.74 Å². The number of hydrogen-bond donors (Lipinski definition) is 0. The molecule has 54 valence electrons. The van der Waals surface area contributed by atoms with Gasteiger partial charge in [-0.1, -0.05) is 13.8 Å². The summed E-state index contributed by atoms with van der Waals surface area (Å²) in [6, 6.07) is 0. The summed E-state index contributed by atoms with van der Waals surface area (Å²) >= 11 is 0. The van der Waals surface area contributed by atoms with Gasteiger partial charge in [-0.05, 0) is 5.92 Å². The first-order valence-electron chi connectivity index (χ1n) is 3.42. The van der Waals surface area contributed by atoms with Crippen molar-refractivity contribution in [1.29, 1.82) is 0 Å². The molecule has 2 heteroatoms. The third-order valence-electron chi connectivity index (χ3n) is 2.04. The standard InChI is InChI=1S/C7H13FO/c1-6(2)7(8)3-4-9-5-7/h6H,3-5H2,1-2H3/t7-/m0/s1. The Bertz CT molecular complexity index is 95.1. The minimum absolute atomic E-state index is 0.0972. The molecule has 0 aromatic heterocycles. The Balaban J connectivity index is 2.51. The van der Waals surface area contributed by atoms with Crippen LogP contribution >= 0.6 is 0 Å². The van der Waals surface area contributed by atoms with Crippen LogP contribution in [0.15, 0.2) is 0 Å². The van der Waals surface area contributed by atoms with E-state index in [2.05, 4.69) is 0 Å². The third kappa shape index (κ3) is 1.23. The second-order valence-electron chi connectivity index (χ2n) is 2.99. The van der Waals surface area contributed by atoms with Crippen molar-refractivity contribution >= 4 is 0 Å². The fourth-order valence-corrected chi connectivity index (χ4v) is 1.01. The minimum Gasteiger partial charge on any atom is -0.378 e. The second-order valence-corrected chi connectivity index (χ2v) is 2.99. The lowest BCUT2D eigenvalue weighted by molar-refractivity contribution is 0.0730. The molecule has 0 amide bonds. The van der Waals surface area contributed by atoms with E-state index in [-0.39, 0.29) is 5.92 Å². The monoisotopic (exact) mass is 132 g/mol. The summed E-state index contributed by atoms with van der Waals surface area (Å²) in [7, 11) is 0. The van der Waals surface area contributed by atoms with Crippen LogP contribution in [0.5, 0.6) is 0 Å². The van der Waals surface area contributed by atoms with Gasteiger partial charge in [-0.15, -0.1) is 0 Å². The van der Waals surface area contributed by atoms with E-state index in [1.54, 1.807) is 0 Å². The molecule has 1 aliphatic rings. The lowest BCUT2D eigenvalue weighted by Gasteiger charge is -2.20. The molecule has 1 atom stereocenters. The van der Waals surface area contributed by atoms with Crippen molar-refractivity contribution in [3.05, 3.63) is 0 Å². The molecule has 0 radical (unpaired) electrons. The van der Waals surface area contributed by atoms with E-state index in [4.69, 9.17) is 4.74 Å². The van der Waals surface area contributed by atoms with Gasteiger partial charge in [-0.2, -0.15) is 0 Å². The molecular formula is C7H13FO. The van der Waals surface area contributed by atoms with E-state index in [0.717, 1.165) is 0 Å². The van der Waals surface area contributed by atoms with Gasteiger partial charge in [0.1, 0.15) is 5.67 Å². The molecule has 0 aromatic rings. The Morgan fingerprint density at radius 2 is 2.22 bits per heavy atom. The van der Waals surface area contributed by atoms with Crippen LogP contribution in [0.1, 0.15) is 20.3 Å². The molecule has 1 fully saturated rings. The summed E-state index contributed by atoms with van der Waals surface area (Å²) in [5.74, 6) is 0.0972. The van der Waals surface area contributed by atoms with Crippen LogP contribution in [0.25, 0.3) is 0 Å². The zero-order valence-corrected chi connectivity index (χ0v) is 5.98. The fraction of sp³-hybridized carbons (Fsp3) is 1.00. The number of ether oxygens (including phenoxy) is 1. The molecule has 1 rings (SSSR count). The van der Waals surface area contributed by atoms with Gasteiger partial charge in [-0.3, -0.25) is 0 Å².